The molecular formula is C12H15NO. The van der Waals surface area contributed by atoms with E-state index >= 15 is 0 Å². The van der Waals surface area contributed by atoms with Crippen LogP contribution in [0.4, 0.5) is 0 Å². The predicted molar refractivity (Wildman–Crippen MR) is 55.7 cm³/mol. The van der Waals surface area contributed by atoms with Crippen LogP contribution in [0.3, 0.4) is 0 Å². The first-order valence-corrected chi connectivity index (χ1v) is 5.03. The Hall–Kier alpha value is -1.15. The summed E-state index contributed by atoms with van der Waals surface area (Å²) in [6.45, 7) is 2.17. The lowest BCUT2D eigenvalue weighted by Gasteiger charge is -2.29. The van der Waals surface area contributed by atoms with Crippen molar-refractivity contribution in [1.82, 2.24) is 4.98 Å². The summed E-state index contributed by atoms with van der Waals surface area (Å²) in [7, 11) is 0. The maximum Gasteiger partial charge on any atom is 0.109 e. The molecule has 2 nitrogen and oxygen atoms in total. The van der Waals surface area contributed by atoms with Crippen molar-refractivity contribution in [3.05, 3.63) is 42.2 Å². The second-order valence-electron chi connectivity index (χ2n) is 4.04. The fraction of sp³-hybridized carbons (Fsp3) is 0.417. The molecule has 2 rings (SSSR count). The molecule has 0 saturated carbocycles. The van der Waals surface area contributed by atoms with Gasteiger partial charge in [-0.2, -0.15) is 0 Å². The van der Waals surface area contributed by atoms with E-state index in [0.717, 1.165) is 18.4 Å². The first kappa shape index (κ1) is 9.41. The third-order valence-corrected chi connectivity index (χ3v) is 2.84. The molecule has 1 aliphatic carbocycles. The van der Waals surface area contributed by atoms with Crippen LogP contribution in [0, 0.1) is 5.92 Å². The Balaban J connectivity index is 2.30. The van der Waals surface area contributed by atoms with Gasteiger partial charge < -0.3 is 5.11 Å². The summed E-state index contributed by atoms with van der Waals surface area (Å²) in [6, 6.07) is 3.78. The van der Waals surface area contributed by atoms with Gasteiger partial charge in [-0.15, -0.1) is 0 Å². The molecule has 2 heteroatoms. The van der Waals surface area contributed by atoms with E-state index in [1.165, 1.54) is 0 Å². The molecule has 74 valence electrons. The molecule has 1 heterocycles. The van der Waals surface area contributed by atoms with E-state index < -0.39 is 5.60 Å². The van der Waals surface area contributed by atoms with Crippen molar-refractivity contribution < 1.29 is 5.11 Å². The predicted octanol–water partition coefficient (Wildman–Crippen LogP) is 2.26. The minimum Gasteiger partial charge on any atom is -0.381 e. The van der Waals surface area contributed by atoms with Gasteiger partial charge in [-0.3, -0.25) is 4.98 Å². The minimum atomic E-state index is -0.791. The van der Waals surface area contributed by atoms with Gasteiger partial charge >= 0.3 is 0 Å². The number of rotatable bonds is 1. The molecule has 1 aromatic heterocycles. The highest BCUT2D eigenvalue weighted by atomic mass is 16.3. The van der Waals surface area contributed by atoms with Gasteiger partial charge in [-0.05, 0) is 24.8 Å². The highest BCUT2D eigenvalue weighted by Crippen LogP contribution is 2.33. The lowest BCUT2D eigenvalue weighted by atomic mass is 9.82. The maximum atomic E-state index is 10.3. The van der Waals surface area contributed by atoms with E-state index in [9.17, 15) is 5.11 Å². The maximum absolute atomic E-state index is 10.3. The van der Waals surface area contributed by atoms with Crippen LogP contribution in [0.5, 0.6) is 0 Å². The normalized spacial score (nSPS) is 31.7. The molecule has 14 heavy (non-hydrogen) atoms. The highest BCUT2D eigenvalue weighted by molar-refractivity contribution is 5.25. The van der Waals surface area contributed by atoms with Crippen LogP contribution < -0.4 is 0 Å². The van der Waals surface area contributed by atoms with Crippen LogP contribution in [0.25, 0.3) is 0 Å². The van der Waals surface area contributed by atoms with Crippen molar-refractivity contribution >= 4 is 0 Å². The van der Waals surface area contributed by atoms with Crippen LogP contribution in [-0.4, -0.2) is 10.1 Å². The summed E-state index contributed by atoms with van der Waals surface area (Å²) < 4.78 is 0. The van der Waals surface area contributed by atoms with Crippen LogP contribution in [0.1, 0.15) is 25.3 Å². The van der Waals surface area contributed by atoms with E-state index in [1.807, 2.05) is 18.2 Å². The monoisotopic (exact) mass is 189 g/mol. The van der Waals surface area contributed by atoms with Crippen molar-refractivity contribution in [2.75, 3.05) is 0 Å². The molecule has 0 spiro atoms. The fourth-order valence-corrected chi connectivity index (χ4v) is 1.81. The van der Waals surface area contributed by atoms with Gasteiger partial charge in [0.05, 0.1) is 0 Å². The standard InChI is InChI=1S/C12H15NO/c1-10-4-6-12(14,7-5-10)11-3-2-8-13-9-11/h2-4,6,8-10,14H,5,7H2,1H3. The van der Waals surface area contributed by atoms with Gasteiger partial charge in [-0.1, -0.05) is 25.1 Å². The number of hydrogen-bond donors (Lipinski definition) is 1. The summed E-state index contributed by atoms with van der Waals surface area (Å²) in [5.41, 5.74) is 0.101. The Kier molecular flexibility index (Phi) is 2.38. The molecule has 0 saturated heterocycles. The number of allylic oxidation sites excluding steroid dienone is 1. The van der Waals surface area contributed by atoms with Gasteiger partial charge in [0, 0.05) is 18.0 Å². The molecule has 0 aromatic carbocycles. The van der Waals surface area contributed by atoms with Gasteiger partial charge in [0.15, 0.2) is 0 Å². The molecule has 1 aliphatic rings. The lowest BCUT2D eigenvalue weighted by molar-refractivity contribution is 0.0670. The topological polar surface area (TPSA) is 33.1 Å². The van der Waals surface area contributed by atoms with Gasteiger partial charge in [0.1, 0.15) is 5.60 Å². The molecule has 0 fully saturated rings. The summed E-state index contributed by atoms with van der Waals surface area (Å²) >= 11 is 0. The molecule has 0 bridgehead atoms. The van der Waals surface area contributed by atoms with Crippen LogP contribution in [0.2, 0.25) is 0 Å². The summed E-state index contributed by atoms with van der Waals surface area (Å²) in [5.74, 6) is 0.576. The van der Waals surface area contributed by atoms with Crippen molar-refractivity contribution in [2.24, 2.45) is 5.92 Å². The molecule has 2 unspecified atom stereocenters. The zero-order valence-corrected chi connectivity index (χ0v) is 8.35. The molecule has 2 atom stereocenters. The van der Waals surface area contributed by atoms with E-state index in [1.54, 1.807) is 12.4 Å². The molecule has 0 amide bonds. The Morgan fingerprint density at radius 1 is 1.57 bits per heavy atom. The number of aliphatic hydroxyl groups is 1. The minimum absolute atomic E-state index is 0.576. The fourth-order valence-electron chi connectivity index (χ4n) is 1.81. The zero-order valence-electron chi connectivity index (χ0n) is 8.35. The Morgan fingerprint density at radius 3 is 3.00 bits per heavy atom. The number of pyridine rings is 1. The molecule has 0 radical (unpaired) electrons. The molecular weight excluding hydrogens is 174 g/mol. The first-order valence-electron chi connectivity index (χ1n) is 5.03. The van der Waals surface area contributed by atoms with Crippen LogP contribution >= 0.6 is 0 Å². The van der Waals surface area contributed by atoms with Crippen molar-refractivity contribution in [3.8, 4) is 0 Å². The number of aromatic nitrogens is 1. The van der Waals surface area contributed by atoms with Gasteiger partial charge in [0.2, 0.25) is 0 Å². The van der Waals surface area contributed by atoms with Crippen molar-refractivity contribution in [1.29, 1.82) is 0 Å². The van der Waals surface area contributed by atoms with Crippen molar-refractivity contribution in [3.63, 3.8) is 0 Å². The average molecular weight is 189 g/mol. The van der Waals surface area contributed by atoms with E-state index in [4.69, 9.17) is 0 Å². The summed E-state index contributed by atoms with van der Waals surface area (Å²) in [4.78, 5) is 4.03. The van der Waals surface area contributed by atoms with E-state index in [0.29, 0.717) is 5.92 Å². The molecule has 1 aromatic rings. The third kappa shape index (κ3) is 1.70. The Morgan fingerprint density at radius 2 is 2.43 bits per heavy atom. The molecule has 0 aliphatic heterocycles. The highest BCUT2D eigenvalue weighted by Gasteiger charge is 2.29. The summed E-state index contributed by atoms with van der Waals surface area (Å²) in [5, 5.41) is 10.3. The van der Waals surface area contributed by atoms with Crippen LogP contribution in [-0.2, 0) is 5.60 Å². The SMILES string of the molecule is CC1C=CC(O)(c2cccnc2)CC1. The van der Waals surface area contributed by atoms with E-state index in [-0.39, 0.29) is 0 Å². The third-order valence-electron chi connectivity index (χ3n) is 2.84. The number of hydrogen-bond acceptors (Lipinski definition) is 2. The first-order chi connectivity index (χ1) is 6.71. The van der Waals surface area contributed by atoms with Gasteiger partial charge in [0.25, 0.3) is 0 Å². The van der Waals surface area contributed by atoms with E-state index in [2.05, 4.69) is 18.0 Å². The molecule has 1 N–H and O–H groups in total. The van der Waals surface area contributed by atoms with Gasteiger partial charge in [-0.25, -0.2) is 0 Å². The Bertz CT molecular complexity index is 333. The van der Waals surface area contributed by atoms with Crippen molar-refractivity contribution in [2.45, 2.75) is 25.4 Å². The lowest BCUT2D eigenvalue weighted by Crippen LogP contribution is -2.26. The number of nitrogens with zero attached hydrogens (tertiary/aromatic N) is 1. The second kappa shape index (κ2) is 3.54. The smallest absolute Gasteiger partial charge is 0.109 e. The summed E-state index contributed by atoms with van der Waals surface area (Å²) in [6.07, 6.45) is 9.26. The Labute approximate surface area is 84.3 Å². The quantitative estimate of drug-likeness (QED) is 0.687. The largest absolute Gasteiger partial charge is 0.381 e. The average Bonchev–Trinajstić information content (AvgIpc) is 2.24. The second-order valence-corrected chi connectivity index (χ2v) is 4.04. The zero-order chi connectivity index (χ0) is 10.0. The van der Waals surface area contributed by atoms with Crippen LogP contribution in [0.15, 0.2) is 36.7 Å².